The summed E-state index contributed by atoms with van der Waals surface area (Å²) in [5.74, 6) is -1.85. The van der Waals surface area contributed by atoms with Crippen LogP contribution in [-0.4, -0.2) is 38.8 Å². The van der Waals surface area contributed by atoms with Gasteiger partial charge in [0.25, 0.3) is 15.7 Å². The number of carbonyl (C=O) groups excluding carboxylic acids is 1. The summed E-state index contributed by atoms with van der Waals surface area (Å²) in [6.07, 6.45) is -4.97. The molecule has 1 atom stereocenters. The van der Waals surface area contributed by atoms with Crippen molar-refractivity contribution >= 4 is 27.3 Å². The maximum atomic E-state index is 12.7. The Hall–Kier alpha value is -4.67. The highest BCUT2D eigenvalue weighted by Crippen LogP contribution is 2.39. The van der Waals surface area contributed by atoms with Crippen LogP contribution in [0.15, 0.2) is 59.5 Å². The Morgan fingerprint density at radius 1 is 0.930 bits per heavy atom. The lowest BCUT2D eigenvalue weighted by Gasteiger charge is -2.18. The van der Waals surface area contributed by atoms with Crippen LogP contribution in [-0.2, 0) is 9.84 Å². The van der Waals surface area contributed by atoms with Crippen molar-refractivity contribution in [1.82, 2.24) is 5.32 Å². The largest absolute Gasteiger partial charge is 0.573 e. The van der Waals surface area contributed by atoms with E-state index in [1.165, 1.54) is 6.92 Å². The fourth-order valence-corrected chi connectivity index (χ4v) is 4.27. The van der Waals surface area contributed by atoms with Gasteiger partial charge in [-0.05, 0) is 43.3 Å². The van der Waals surface area contributed by atoms with Crippen LogP contribution in [0, 0.1) is 22.7 Å². The number of benzene rings is 3. The lowest BCUT2D eigenvalue weighted by atomic mass is 10.1. The molecule has 0 aliphatic carbocycles. The van der Waals surface area contributed by atoms with E-state index in [1.807, 2.05) is 0 Å². The standard InChI is InChI=1S/C26H16ClF6N3O6S/c1-14(36-24(37)15-2-5-19(6-3-15)43(38,39)26(31,32)33)13-40-22-8-16(11-34)17(12-35)9-23(22)41-21-7-4-18(10-20(21)27)42-25(28,29)30/h2-10,14H,13H2,1H3,(H,36,37). The number of rotatable bonds is 9. The van der Waals surface area contributed by atoms with Gasteiger partial charge in [0, 0.05) is 23.8 Å². The Bertz CT molecular complexity index is 1720. The van der Waals surface area contributed by atoms with Crippen LogP contribution in [0.5, 0.6) is 23.0 Å². The molecular formula is C26H16ClF6N3O6S. The first-order valence-corrected chi connectivity index (χ1v) is 13.4. The van der Waals surface area contributed by atoms with Crippen molar-refractivity contribution in [3.05, 3.63) is 76.3 Å². The maximum absolute atomic E-state index is 12.7. The minimum absolute atomic E-state index is 0.115. The van der Waals surface area contributed by atoms with Crippen molar-refractivity contribution in [3.63, 3.8) is 0 Å². The van der Waals surface area contributed by atoms with Crippen LogP contribution in [0.2, 0.25) is 5.02 Å². The summed E-state index contributed by atoms with van der Waals surface area (Å²) in [4.78, 5) is 11.5. The van der Waals surface area contributed by atoms with Gasteiger partial charge in [0.05, 0.1) is 27.1 Å². The predicted molar refractivity (Wildman–Crippen MR) is 136 cm³/mol. The minimum Gasteiger partial charge on any atom is -0.487 e. The van der Waals surface area contributed by atoms with E-state index >= 15 is 0 Å². The van der Waals surface area contributed by atoms with Gasteiger partial charge in [0.2, 0.25) is 0 Å². The van der Waals surface area contributed by atoms with Crippen LogP contribution in [0.4, 0.5) is 26.3 Å². The van der Waals surface area contributed by atoms with Gasteiger partial charge in [-0.15, -0.1) is 13.2 Å². The lowest BCUT2D eigenvalue weighted by molar-refractivity contribution is -0.274. The molecule has 0 saturated heterocycles. The minimum atomic E-state index is -5.60. The van der Waals surface area contributed by atoms with Crippen molar-refractivity contribution in [2.24, 2.45) is 0 Å². The van der Waals surface area contributed by atoms with Crippen molar-refractivity contribution in [1.29, 1.82) is 10.5 Å². The Balaban J connectivity index is 1.77. The van der Waals surface area contributed by atoms with Gasteiger partial charge >= 0.3 is 11.9 Å². The zero-order valence-corrected chi connectivity index (χ0v) is 23.0. The normalized spacial score (nSPS) is 12.4. The summed E-state index contributed by atoms with van der Waals surface area (Å²) >= 11 is 6.03. The van der Waals surface area contributed by atoms with E-state index in [0.717, 1.165) is 42.5 Å². The van der Waals surface area contributed by atoms with Crippen molar-refractivity contribution in [2.75, 3.05) is 6.61 Å². The average Bonchev–Trinajstić information content (AvgIpc) is 2.92. The lowest BCUT2D eigenvalue weighted by Crippen LogP contribution is -2.36. The highest BCUT2D eigenvalue weighted by atomic mass is 35.5. The van der Waals surface area contributed by atoms with E-state index < -0.39 is 44.3 Å². The number of ether oxygens (including phenoxy) is 3. The highest BCUT2D eigenvalue weighted by molar-refractivity contribution is 7.92. The quantitative estimate of drug-likeness (QED) is 0.268. The van der Waals surface area contributed by atoms with E-state index in [1.54, 1.807) is 12.1 Å². The number of alkyl halides is 6. The summed E-state index contributed by atoms with van der Waals surface area (Å²) < 4.78 is 114. The van der Waals surface area contributed by atoms with Gasteiger partial charge in [-0.3, -0.25) is 4.79 Å². The van der Waals surface area contributed by atoms with Crippen molar-refractivity contribution in [2.45, 2.75) is 29.7 Å². The predicted octanol–water partition coefficient (Wildman–Crippen LogP) is 6.27. The molecule has 0 radical (unpaired) electrons. The fraction of sp³-hybridized carbons (Fsp3) is 0.192. The molecule has 0 bridgehead atoms. The van der Waals surface area contributed by atoms with Gasteiger partial charge in [-0.2, -0.15) is 23.7 Å². The summed E-state index contributed by atoms with van der Waals surface area (Å²) in [5.41, 5.74) is -5.92. The summed E-state index contributed by atoms with van der Waals surface area (Å²) in [6, 6.07) is 10.9. The number of hydrogen-bond acceptors (Lipinski definition) is 8. The van der Waals surface area contributed by atoms with Gasteiger partial charge in [0.1, 0.15) is 30.2 Å². The molecule has 0 spiro atoms. The van der Waals surface area contributed by atoms with Gasteiger partial charge < -0.3 is 19.5 Å². The second kappa shape index (κ2) is 12.7. The van der Waals surface area contributed by atoms with E-state index in [0.29, 0.717) is 12.1 Å². The van der Waals surface area contributed by atoms with Crippen LogP contribution in [0.3, 0.4) is 0 Å². The van der Waals surface area contributed by atoms with Gasteiger partial charge in [-0.25, -0.2) is 8.42 Å². The van der Waals surface area contributed by atoms with E-state index in [2.05, 4.69) is 10.1 Å². The summed E-state index contributed by atoms with van der Waals surface area (Å²) in [7, 11) is -5.60. The third-order valence-corrected chi connectivity index (χ3v) is 7.08. The molecule has 1 amide bonds. The third-order valence-electron chi connectivity index (χ3n) is 5.28. The molecule has 0 aliphatic rings. The molecule has 3 aromatic carbocycles. The van der Waals surface area contributed by atoms with E-state index in [9.17, 15) is 50.1 Å². The number of carbonyl (C=O) groups is 1. The molecule has 0 heterocycles. The molecule has 0 fully saturated rings. The van der Waals surface area contributed by atoms with Crippen LogP contribution in [0.1, 0.15) is 28.4 Å². The second-order valence-electron chi connectivity index (χ2n) is 8.47. The smallest absolute Gasteiger partial charge is 0.487 e. The Kier molecular flexibility index (Phi) is 9.69. The average molecular weight is 648 g/mol. The number of hydrogen-bond donors (Lipinski definition) is 1. The first kappa shape index (κ1) is 32.8. The number of halogens is 7. The molecule has 43 heavy (non-hydrogen) atoms. The number of nitrogens with zero attached hydrogens (tertiary/aromatic N) is 2. The highest BCUT2D eigenvalue weighted by Gasteiger charge is 2.46. The first-order chi connectivity index (χ1) is 19.9. The van der Waals surface area contributed by atoms with Crippen LogP contribution >= 0.6 is 11.6 Å². The van der Waals surface area contributed by atoms with Crippen molar-refractivity contribution in [3.8, 4) is 35.1 Å². The number of nitrogens with one attached hydrogen (secondary N) is 1. The first-order valence-electron chi connectivity index (χ1n) is 11.5. The molecule has 0 aliphatic heterocycles. The topological polar surface area (TPSA) is 139 Å². The maximum Gasteiger partial charge on any atom is 0.573 e. The number of amides is 1. The molecule has 1 N–H and O–H groups in total. The zero-order chi connectivity index (χ0) is 32.2. The Morgan fingerprint density at radius 3 is 2.02 bits per heavy atom. The third kappa shape index (κ3) is 8.21. The molecule has 0 aromatic heterocycles. The SMILES string of the molecule is CC(COc1cc(C#N)c(C#N)cc1Oc1ccc(OC(F)(F)F)cc1Cl)NC(=O)c1ccc(S(=O)(=O)C(F)(F)F)cc1. The van der Waals surface area contributed by atoms with Crippen LogP contribution in [0.25, 0.3) is 0 Å². The molecule has 3 aromatic rings. The van der Waals surface area contributed by atoms with E-state index in [4.69, 9.17) is 21.1 Å². The molecule has 3 rings (SSSR count). The molecular weight excluding hydrogens is 632 g/mol. The van der Waals surface area contributed by atoms with E-state index in [-0.39, 0.29) is 45.6 Å². The molecule has 0 saturated carbocycles. The number of sulfone groups is 1. The molecule has 9 nitrogen and oxygen atoms in total. The van der Waals surface area contributed by atoms with Gasteiger partial charge in [0.15, 0.2) is 11.5 Å². The summed E-state index contributed by atoms with van der Waals surface area (Å²) in [6.45, 7) is 1.19. The van der Waals surface area contributed by atoms with Gasteiger partial charge in [-0.1, -0.05) is 11.6 Å². The molecule has 226 valence electrons. The summed E-state index contributed by atoms with van der Waals surface area (Å²) in [5, 5.41) is 20.9. The Labute approximate surface area is 244 Å². The number of nitriles is 2. The van der Waals surface area contributed by atoms with Crippen LogP contribution < -0.4 is 19.5 Å². The Morgan fingerprint density at radius 2 is 1.51 bits per heavy atom. The molecule has 17 heteroatoms. The second-order valence-corrected chi connectivity index (χ2v) is 10.8. The monoisotopic (exact) mass is 647 g/mol. The molecule has 1 unspecified atom stereocenters. The van der Waals surface area contributed by atoms with Crippen molar-refractivity contribution < 1.29 is 53.8 Å². The fourth-order valence-electron chi connectivity index (χ4n) is 3.30. The zero-order valence-electron chi connectivity index (χ0n) is 21.4.